The third kappa shape index (κ3) is 4.09. The van der Waals surface area contributed by atoms with Gasteiger partial charge in [-0.05, 0) is 36.4 Å². The first-order valence-corrected chi connectivity index (χ1v) is 8.42. The summed E-state index contributed by atoms with van der Waals surface area (Å²) in [7, 11) is 1.54. The zero-order chi connectivity index (χ0) is 18.5. The van der Waals surface area contributed by atoms with Gasteiger partial charge in [-0.3, -0.25) is 14.7 Å². The highest BCUT2D eigenvalue weighted by Crippen LogP contribution is 2.17. The quantitative estimate of drug-likeness (QED) is 0.682. The van der Waals surface area contributed by atoms with Crippen LogP contribution in [0.4, 0.5) is 16.3 Å². The van der Waals surface area contributed by atoms with Gasteiger partial charge in [-0.1, -0.05) is 22.0 Å². The molecule has 7 nitrogen and oxygen atoms in total. The first-order chi connectivity index (χ1) is 12.6. The van der Waals surface area contributed by atoms with E-state index in [1.54, 1.807) is 36.4 Å². The maximum atomic E-state index is 12.6. The molecule has 0 aliphatic rings. The topological polar surface area (TPSA) is 85.2 Å². The lowest BCUT2D eigenvalue weighted by Crippen LogP contribution is -2.28. The lowest BCUT2D eigenvalue weighted by Gasteiger charge is -2.10. The molecule has 2 amide bonds. The van der Waals surface area contributed by atoms with Crippen LogP contribution in [-0.4, -0.2) is 22.7 Å². The van der Waals surface area contributed by atoms with Crippen LogP contribution in [-0.2, 0) is 0 Å². The number of urea groups is 1. The van der Waals surface area contributed by atoms with Crippen molar-refractivity contribution in [1.82, 2.24) is 9.55 Å². The van der Waals surface area contributed by atoms with Crippen molar-refractivity contribution in [2.75, 3.05) is 17.7 Å². The van der Waals surface area contributed by atoms with Gasteiger partial charge < -0.3 is 10.1 Å². The summed E-state index contributed by atoms with van der Waals surface area (Å²) in [5.41, 5.74) is 0.762. The Bertz CT molecular complexity index is 986. The van der Waals surface area contributed by atoms with E-state index in [1.165, 1.54) is 24.1 Å². The third-order valence-electron chi connectivity index (χ3n) is 3.51. The van der Waals surface area contributed by atoms with Gasteiger partial charge in [0.15, 0.2) is 0 Å². The highest BCUT2D eigenvalue weighted by molar-refractivity contribution is 9.10. The SMILES string of the molecule is COc1cccc(NC(=O)Nc2nccn(-c3ccc(Br)cc3)c2=O)c1. The summed E-state index contributed by atoms with van der Waals surface area (Å²) in [6.45, 7) is 0. The van der Waals surface area contributed by atoms with Crippen molar-refractivity contribution in [3.8, 4) is 11.4 Å². The number of nitrogens with one attached hydrogen (secondary N) is 2. The molecule has 0 spiro atoms. The highest BCUT2D eigenvalue weighted by Gasteiger charge is 2.10. The van der Waals surface area contributed by atoms with Crippen molar-refractivity contribution in [3.05, 3.63) is 75.8 Å². The average Bonchev–Trinajstić information content (AvgIpc) is 2.64. The molecule has 3 aromatic rings. The molecule has 2 aromatic carbocycles. The number of carbonyl (C=O) groups excluding carboxylic acids is 1. The van der Waals surface area contributed by atoms with Crippen LogP contribution >= 0.6 is 15.9 Å². The monoisotopic (exact) mass is 414 g/mol. The van der Waals surface area contributed by atoms with E-state index in [2.05, 4.69) is 31.5 Å². The van der Waals surface area contributed by atoms with Crippen LogP contribution in [0.15, 0.2) is 70.2 Å². The molecule has 1 heterocycles. The van der Waals surface area contributed by atoms with E-state index >= 15 is 0 Å². The van der Waals surface area contributed by atoms with Gasteiger partial charge in [0, 0.05) is 34.3 Å². The average molecular weight is 415 g/mol. The number of methoxy groups -OCH3 is 1. The van der Waals surface area contributed by atoms with E-state index in [1.807, 2.05) is 12.1 Å². The molecule has 2 N–H and O–H groups in total. The van der Waals surface area contributed by atoms with Crippen molar-refractivity contribution >= 4 is 33.5 Å². The van der Waals surface area contributed by atoms with Crippen LogP contribution in [0.1, 0.15) is 0 Å². The maximum Gasteiger partial charge on any atom is 0.325 e. The Hall–Kier alpha value is -3.13. The second kappa shape index (κ2) is 7.83. The second-order valence-electron chi connectivity index (χ2n) is 5.24. The maximum absolute atomic E-state index is 12.6. The molecule has 8 heteroatoms. The molecular formula is C18H15BrN4O3. The Balaban J connectivity index is 1.79. The van der Waals surface area contributed by atoms with Gasteiger partial charge in [-0.15, -0.1) is 0 Å². The molecule has 0 aliphatic carbocycles. The second-order valence-corrected chi connectivity index (χ2v) is 6.15. The molecule has 0 saturated carbocycles. The summed E-state index contributed by atoms with van der Waals surface area (Å²) >= 11 is 3.35. The lowest BCUT2D eigenvalue weighted by atomic mass is 10.3. The van der Waals surface area contributed by atoms with Gasteiger partial charge in [0.25, 0.3) is 5.56 Å². The number of halogens is 1. The van der Waals surface area contributed by atoms with E-state index in [9.17, 15) is 9.59 Å². The number of rotatable bonds is 4. The number of carbonyl (C=O) groups is 1. The van der Waals surface area contributed by atoms with Crippen molar-refractivity contribution in [3.63, 3.8) is 0 Å². The standard InChI is InChI=1S/C18H15BrN4O3/c1-26-15-4-2-3-13(11-15)21-18(25)22-16-17(24)23(10-9-20-16)14-7-5-12(19)6-8-14/h2-11H,1H3,(H2,20,21,22,25). The molecule has 3 rings (SSSR count). The molecule has 0 aliphatic heterocycles. The van der Waals surface area contributed by atoms with Gasteiger partial charge in [-0.25, -0.2) is 9.78 Å². The largest absolute Gasteiger partial charge is 0.497 e. The number of ether oxygens (including phenoxy) is 1. The molecule has 132 valence electrons. The van der Waals surface area contributed by atoms with Gasteiger partial charge in [-0.2, -0.15) is 0 Å². The molecule has 0 unspecified atom stereocenters. The van der Waals surface area contributed by atoms with Gasteiger partial charge in [0.1, 0.15) is 5.75 Å². The number of nitrogens with zero attached hydrogens (tertiary/aromatic N) is 2. The van der Waals surface area contributed by atoms with Crippen molar-refractivity contribution in [2.24, 2.45) is 0 Å². The van der Waals surface area contributed by atoms with Crippen LogP contribution < -0.4 is 20.9 Å². The summed E-state index contributed by atoms with van der Waals surface area (Å²) in [5, 5.41) is 5.11. The zero-order valence-electron chi connectivity index (χ0n) is 13.8. The summed E-state index contributed by atoms with van der Waals surface area (Å²) in [4.78, 5) is 28.7. The number of benzene rings is 2. The van der Waals surface area contributed by atoms with Crippen molar-refractivity contribution in [1.29, 1.82) is 0 Å². The van der Waals surface area contributed by atoms with Crippen LogP contribution in [0.2, 0.25) is 0 Å². The predicted molar refractivity (Wildman–Crippen MR) is 103 cm³/mol. The van der Waals surface area contributed by atoms with Crippen LogP contribution in [0.25, 0.3) is 5.69 Å². The Labute approximate surface area is 157 Å². The Kier molecular flexibility index (Phi) is 5.33. The summed E-state index contributed by atoms with van der Waals surface area (Å²) in [6.07, 6.45) is 2.99. The fourth-order valence-electron chi connectivity index (χ4n) is 2.27. The molecule has 1 aromatic heterocycles. The lowest BCUT2D eigenvalue weighted by molar-refractivity contribution is 0.262. The van der Waals surface area contributed by atoms with Gasteiger partial charge >= 0.3 is 6.03 Å². The molecule has 0 bridgehead atoms. The first-order valence-electron chi connectivity index (χ1n) is 7.62. The van der Waals surface area contributed by atoms with E-state index in [-0.39, 0.29) is 5.82 Å². The third-order valence-corrected chi connectivity index (χ3v) is 4.03. The zero-order valence-corrected chi connectivity index (χ0v) is 15.4. The van der Waals surface area contributed by atoms with E-state index < -0.39 is 11.6 Å². The summed E-state index contributed by atoms with van der Waals surface area (Å²) < 4.78 is 7.41. The number of anilines is 2. The van der Waals surface area contributed by atoms with Gasteiger partial charge in [0.2, 0.25) is 5.82 Å². The Morgan fingerprint density at radius 1 is 1.15 bits per heavy atom. The highest BCUT2D eigenvalue weighted by atomic mass is 79.9. The fourth-order valence-corrected chi connectivity index (χ4v) is 2.54. The van der Waals surface area contributed by atoms with E-state index in [4.69, 9.17) is 4.74 Å². The van der Waals surface area contributed by atoms with Crippen LogP contribution in [0, 0.1) is 0 Å². The number of aromatic nitrogens is 2. The minimum absolute atomic E-state index is 0.0733. The van der Waals surface area contributed by atoms with Gasteiger partial charge in [0.05, 0.1) is 7.11 Å². The number of amides is 2. The summed E-state index contributed by atoms with van der Waals surface area (Å²) in [6, 6.07) is 13.5. The number of hydrogen-bond donors (Lipinski definition) is 2. The predicted octanol–water partition coefficient (Wildman–Crippen LogP) is 3.65. The molecule has 26 heavy (non-hydrogen) atoms. The smallest absolute Gasteiger partial charge is 0.325 e. The van der Waals surface area contributed by atoms with Crippen LogP contribution in [0.5, 0.6) is 5.75 Å². The molecule has 0 radical (unpaired) electrons. The normalized spacial score (nSPS) is 10.2. The molecule has 0 atom stereocenters. The van der Waals surface area contributed by atoms with E-state index in [0.29, 0.717) is 17.1 Å². The minimum Gasteiger partial charge on any atom is -0.497 e. The molecule has 0 fully saturated rings. The number of hydrogen-bond acceptors (Lipinski definition) is 4. The fraction of sp³-hybridized carbons (Fsp3) is 0.0556. The minimum atomic E-state index is -0.573. The van der Waals surface area contributed by atoms with Crippen LogP contribution in [0.3, 0.4) is 0 Å². The molecule has 0 saturated heterocycles. The van der Waals surface area contributed by atoms with E-state index in [0.717, 1.165) is 4.47 Å². The molecular weight excluding hydrogens is 400 g/mol. The summed E-state index contributed by atoms with van der Waals surface area (Å²) in [5.74, 6) is 0.536. The first kappa shape index (κ1) is 17.7. The Morgan fingerprint density at radius 3 is 2.65 bits per heavy atom. The van der Waals surface area contributed by atoms with Crippen molar-refractivity contribution < 1.29 is 9.53 Å². The Morgan fingerprint density at radius 2 is 1.92 bits per heavy atom. The van der Waals surface area contributed by atoms with Crippen molar-refractivity contribution in [2.45, 2.75) is 0 Å².